The Morgan fingerprint density at radius 2 is 1.80 bits per heavy atom. The molecule has 8 heteroatoms. The van der Waals surface area contributed by atoms with Crippen LogP contribution in [0.1, 0.15) is 17.3 Å². The van der Waals surface area contributed by atoms with Crippen molar-refractivity contribution in [2.24, 2.45) is 0 Å². The van der Waals surface area contributed by atoms with Crippen molar-refractivity contribution in [1.29, 1.82) is 0 Å². The second-order valence-electron chi connectivity index (χ2n) is 5.12. The van der Waals surface area contributed by atoms with Gasteiger partial charge in [-0.1, -0.05) is 23.2 Å². The maximum atomic E-state index is 12.3. The minimum Gasteiger partial charge on any atom is -0.496 e. The molecule has 0 heterocycles. The normalized spacial score (nSPS) is 11.5. The molecule has 0 aliphatic rings. The van der Waals surface area contributed by atoms with Gasteiger partial charge in [0, 0.05) is 16.8 Å². The van der Waals surface area contributed by atoms with Crippen molar-refractivity contribution in [2.75, 3.05) is 18.2 Å². The van der Waals surface area contributed by atoms with Crippen molar-refractivity contribution >= 4 is 46.5 Å². The van der Waals surface area contributed by atoms with E-state index >= 15 is 0 Å². The van der Waals surface area contributed by atoms with Crippen molar-refractivity contribution in [3.05, 3.63) is 52.0 Å². The van der Waals surface area contributed by atoms with Crippen molar-refractivity contribution in [3.63, 3.8) is 0 Å². The number of methoxy groups -OCH3 is 1. The summed E-state index contributed by atoms with van der Waals surface area (Å²) in [5, 5.41) is 3.35. The van der Waals surface area contributed by atoms with Crippen LogP contribution in [-0.4, -0.2) is 25.1 Å². The number of hydrogen-bond acceptors (Lipinski definition) is 5. The van der Waals surface area contributed by atoms with Crippen LogP contribution in [0, 0.1) is 0 Å². The highest BCUT2D eigenvalue weighted by atomic mass is 35.5. The monoisotopic (exact) mass is 382 g/mol. The maximum absolute atomic E-state index is 12.3. The zero-order chi connectivity index (χ0) is 18.6. The topological polar surface area (TPSA) is 90.7 Å². The molecule has 0 unspecified atom stereocenters. The van der Waals surface area contributed by atoms with Gasteiger partial charge in [0.25, 0.3) is 5.91 Å². The second-order valence-corrected chi connectivity index (χ2v) is 5.96. The van der Waals surface area contributed by atoms with E-state index < -0.39 is 18.0 Å². The van der Waals surface area contributed by atoms with Gasteiger partial charge < -0.3 is 20.5 Å². The lowest BCUT2D eigenvalue weighted by Crippen LogP contribution is -2.30. The number of amides is 1. The van der Waals surface area contributed by atoms with E-state index in [9.17, 15) is 9.59 Å². The molecule has 132 valence electrons. The van der Waals surface area contributed by atoms with Gasteiger partial charge in [0.2, 0.25) is 0 Å². The number of carbonyl (C=O) groups is 2. The number of benzene rings is 2. The number of rotatable bonds is 5. The van der Waals surface area contributed by atoms with Crippen LogP contribution in [0.2, 0.25) is 10.0 Å². The highest BCUT2D eigenvalue weighted by molar-refractivity contribution is 6.33. The van der Waals surface area contributed by atoms with Crippen LogP contribution in [-0.2, 0) is 9.53 Å². The fourth-order valence-corrected chi connectivity index (χ4v) is 2.24. The molecule has 0 radical (unpaired) electrons. The third kappa shape index (κ3) is 4.78. The van der Waals surface area contributed by atoms with Crippen LogP contribution in [0.3, 0.4) is 0 Å². The molecule has 0 aliphatic heterocycles. The summed E-state index contributed by atoms with van der Waals surface area (Å²) >= 11 is 11.7. The standard InChI is InChI=1S/C17H16Cl2N2O4/c1-9(16(22)21-11-5-3-10(18)4-6-11)25-17(23)12-7-13(19)14(20)8-15(12)24-2/h3-9H,20H2,1-2H3,(H,21,22)/t9-/m0/s1. The predicted octanol–water partition coefficient (Wildman–Crippen LogP) is 3.77. The van der Waals surface area contributed by atoms with E-state index in [0.717, 1.165) is 0 Å². The zero-order valence-electron chi connectivity index (χ0n) is 13.5. The van der Waals surface area contributed by atoms with Gasteiger partial charge in [0.15, 0.2) is 6.10 Å². The number of halogens is 2. The average Bonchev–Trinajstić information content (AvgIpc) is 2.58. The number of anilines is 2. The Balaban J connectivity index is 2.08. The first-order valence-electron chi connectivity index (χ1n) is 7.22. The molecule has 1 amide bonds. The lowest BCUT2D eigenvalue weighted by molar-refractivity contribution is -0.123. The van der Waals surface area contributed by atoms with Crippen LogP contribution >= 0.6 is 23.2 Å². The summed E-state index contributed by atoms with van der Waals surface area (Å²) in [4.78, 5) is 24.4. The number of nitrogens with two attached hydrogens (primary N) is 1. The van der Waals surface area contributed by atoms with E-state index in [1.165, 1.54) is 26.2 Å². The van der Waals surface area contributed by atoms with Crippen LogP contribution in [0.25, 0.3) is 0 Å². The molecule has 3 N–H and O–H groups in total. The van der Waals surface area contributed by atoms with Gasteiger partial charge in [-0.05, 0) is 37.3 Å². The maximum Gasteiger partial charge on any atom is 0.342 e. The first kappa shape index (κ1) is 18.9. The highest BCUT2D eigenvalue weighted by Crippen LogP contribution is 2.29. The lowest BCUT2D eigenvalue weighted by atomic mass is 10.2. The second kappa shape index (κ2) is 8.09. The van der Waals surface area contributed by atoms with Crippen molar-refractivity contribution < 1.29 is 19.1 Å². The third-order valence-corrected chi connectivity index (χ3v) is 3.88. The molecule has 0 aliphatic carbocycles. The molecule has 0 spiro atoms. The van der Waals surface area contributed by atoms with E-state index in [1.807, 2.05) is 0 Å². The first-order chi connectivity index (χ1) is 11.8. The molecular formula is C17H16Cl2N2O4. The van der Waals surface area contributed by atoms with Crippen LogP contribution in [0.4, 0.5) is 11.4 Å². The Morgan fingerprint density at radius 3 is 2.40 bits per heavy atom. The van der Waals surface area contributed by atoms with E-state index in [4.69, 9.17) is 38.4 Å². The number of nitrogen functional groups attached to an aromatic ring is 1. The molecule has 2 rings (SSSR count). The number of nitrogens with one attached hydrogen (secondary N) is 1. The molecule has 6 nitrogen and oxygen atoms in total. The van der Waals surface area contributed by atoms with Crippen LogP contribution < -0.4 is 15.8 Å². The Bertz CT molecular complexity index is 794. The smallest absolute Gasteiger partial charge is 0.342 e. The van der Waals surface area contributed by atoms with Gasteiger partial charge in [-0.25, -0.2) is 4.79 Å². The number of hydrogen-bond donors (Lipinski definition) is 2. The molecule has 0 saturated heterocycles. The van der Waals surface area contributed by atoms with E-state index in [1.54, 1.807) is 24.3 Å². The third-order valence-electron chi connectivity index (χ3n) is 3.30. The Kier molecular flexibility index (Phi) is 6.12. The van der Waals surface area contributed by atoms with E-state index in [0.29, 0.717) is 10.7 Å². The Labute approximate surface area is 154 Å². The summed E-state index contributed by atoms with van der Waals surface area (Å²) in [7, 11) is 1.39. The molecular weight excluding hydrogens is 367 g/mol. The average molecular weight is 383 g/mol. The summed E-state index contributed by atoms with van der Waals surface area (Å²) in [6, 6.07) is 9.29. The van der Waals surface area contributed by atoms with Gasteiger partial charge in [-0.3, -0.25) is 4.79 Å². The van der Waals surface area contributed by atoms with E-state index in [-0.39, 0.29) is 22.0 Å². The summed E-state index contributed by atoms with van der Waals surface area (Å²) in [5.74, 6) is -1.04. The minimum atomic E-state index is -1.04. The van der Waals surface area contributed by atoms with Gasteiger partial charge >= 0.3 is 5.97 Å². The largest absolute Gasteiger partial charge is 0.496 e. The minimum absolute atomic E-state index is 0.0767. The number of carbonyl (C=O) groups excluding carboxylic acids is 2. The fraction of sp³-hybridized carbons (Fsp3) is 0.176. The van der Waals surface area contributed by atoms with Crippen molar-refractivity contribution in [3.8, 4) is 5.75 Å². The van der Waals surface area contributed by atoms with E-state index in [2.05, 4.69) is 5.32 Å². The Hall–Kier alpha value is -2.44. The fourth-order valence-electron chi connectivity index (χ4n) is 1.95. The van der Waals surface area contributed by atoms with Crippen molar-refractivity contribution in [1.82, 2.24) is 0 Å². The van der Waals surface area contributed by atoms with Gasteiger partial charge in [0.05, 0.1) is 17.8 Å². The number of esters is 1. The summed E-state index contributed by atoms with van der Waals surface area (Å²) in [6.07, 6.45) is -1.04. The number of ether oxygens (including phenoxy) is 2. The molecule has 0 aromatic heterocycles. The van der Waals surface area contributed by atoms with Gasteiger partial charge in [0.1, 0.15) is 11.3 Å². The Morgan fingerprint density at radius 1 is 1.16 bits per heavy atom. The summed E-state index contributed by atoms with van der Waals surface area (Å²) < 4.78 is 10.3. The molecule has 25 heavy (non-hydrogen) atoms. The molecule has 2 aromatic carbocycles. The molecule has 0 fully saturated rings. The highest BCUT2D eigenvalue weighted by Gasteiger charge is 2.22. The predicted molar refractivity (Wildman–Crippen MR) is 97.4 cm³/mol. The van der Waals surface area contributed by atoms with Crippen LogP contribution in [0.15, 0.2) is 36.4 Å². The SMILES string of the molecule is COc1cc(N)c(Cl)cc1C(=O)O[C@@H](C)C(=O)Nc1ccc(Cl)cc1. The zero-order valence-corrected chi connectivity index (χ0v) is 15.0. The summed E-state index contributed by atoms with van der Waals surface area (Å²) in [5.41, 5.74) is 6.55. The molecule has 0 saturated carbocycles. The van der Waals surface area contributed by atoms with Crippen molar-refractivity contribution in [2.45, 2.75) is 13.0 Å². The molecule has 0 bridgehead atoms. The summed E-state index contributed by atoms with van der Waals surface area (Å²) in [6.45, 7) is 1.45. The molecule has 2 aromatic rings. The van der Waals surface area contributed by atoms with Crippen LogP contribution in [0.5, 0.6) is 5.75 Å². The lowest BCUT2D eigenvalue weighted by Gasteiger charge is -2.15. The first-order valence-corrected chi connectivity index (χ1v) is 7.98. The quantitative estimate of drug-likeness (QED) is 0.606. The molecule has 1 atom stereocenters. The van der Waals surface area contributed by atoms with Gasteiger partial charge in [-0.2, -0.15) is 0 Å². The van der Waals surface area contributed by atoms with Gasteiger partial charge in [-0.15, -0.1) is 0 Å².